The molecule has 0 aliphatic carbocycles. The number of benzene rings is 2. The number of methoxy groups -OCH3 is 1. The van der Waals surface area contributed by atoms with Crippen molar-refractivity contribution in [3.05, 3.63) is 99.6 Å². The fourth-order valence-corrected chi connectivity index (χ4v) is 5.71. The van der Waals surface area contributed by atoms with Crippen molar-refractivity contribution in [3.8, 4) is 22.6 Å². The van der Waals surface area contributed by atoms with E-state index < -0.39 is 39.1 Å². The molecule has 0 spiro atoms. The third-order valence-corrected chi connectivity index (χ3v) is 7.88. The average molecular weight is 594 g/mol. The Kier molecular flexibility index (Phi) is 7.25. The summed E-state index contributed by atoms with van der Waals surface area (Å²) in [4.78, 5) is 13.0. The molecule has 0 amide bonds. The van der Waals surface area contributed by atoms with E-state index in [1.54, 1.807) is 0 Å². The first-order valence-electron chi connectivity index (χ1n) is 11.9. The third kappa shape index (κ3) is 5.63. The summed E-state index contributed by atoms with van der Waals surface area (Å²) in [6.45, 7) is -0.171. The SMILES string of the molecule is COc1cc(-c2cc(F)cc(C(F)(F)F)c2)c(F)cc1-n1c2c(ccc1=O)CN(S(=O)(=O)Nc1cccnn1)CC2. The van der Waals surface area contributed by atoms with E-state index in [4.69, 9.17) is 4.74 Å². The van der Waals surface area contributed by atoms with Crippen LogP contribution in [0, 0.1) is 11.6 Å². The predicted octanol–water partition coefficient (Wildman–Crippen LogP) is 4.32. The zero-order valence-corrected chi connectivity index (χ0v) is 21.9. The Bertz CT molecular complexity index is 1800. The number of fused-ring (bicyclic) bond motifs is 1. The Morgan fingerprint density at radius 1 is 1.05 bits per heavy atom. The summed E-state index contributed by atoms with van der Waals surface area (Å²) in [6, 6.07) is 9.24. The van der Waals surface area contributed by atoms with Crippen LogP contribution in [0.25, 0.3) is 16.8 Å². The maximum atomic E-state index is 15.4. The van der Waals surface area contributed by atoms with Gasteiger partial charge in [-0.1, -0.05) is 6.07 Å². The number of pyridine rings is 1. The molecule has 9 nitrogen and oxygen atoms in total. The molecule has 0 unspecified atom stereocenters. The van der Waals surface area contributed by atoms with Gasteiger partial charge in [0, 0.05) is 49.1 Å². The van der Waals surface area contributed by atoms with Crippen LogP contribution in [0.15, 0.2) is 65.6 Å². The van der Waals surface area contributed by atoms with E-state index in [1.807, 2.05) is 0 Å². The Labute approximate surface area is 230 Å². The van der Waals surface area contributed by atoms with Crippen molar-refractivity contribution in [3.63, 3.8) is 0 Å². The summed E-state index contributed by atoms with van der Waals surface area (Å²) in [5, 5.41) is 7.34. The molecule has 214 valence electrons. The lowest BCUT2D eigenvalue weighted by atomic mass is 10.0. The van der Waals surface area contributed by atoms with Gasteiger partial charge in [-0.2, -0.15) is 31.0 Å². The van der Waals surface area contributed by atoms with Crippen LogP contribution in [0.1, 0.15) is 16.8 Å². The number of nitrogens with zero attached hydrogens (tertiary/aromatic N) is 4. The monoisotopic (exact) mass is 593 g/mol. The summed E-state index contributed by atoms with van der Waals surface area (Å²) >= 11 is 0. The Balaban J connectivity index is 1.54. The molecule has 0 radical (unpaired) electrons. The number of ether oxygens (including phenoxy) is 1. The van der Waals surface area contributed by atoms with Crippen LogP contribution < -0.4 is 15.0 Å². The normalized spacial score (nSPS) is 14.0. The van der Waals surface area contributed by atoms with E-state index in [0.29, 0.717) is 23.4 Å². The molecular weight excluding hydrogens is 573 g/mol. The molecular formula is C26H20F5N5O4S. The van der Waals surface area contributed by atoms with E-state index in [0.717, 1.165) is 27.1 Å². The van der Waals surface area contributed by atoms with E-state index in [1.165, 1.54) is 37.6 Å². The molecule has 0 saturated carbocycles. The van der Waals surface area contributed by atoms with Crippen LogP contribution in [0.5, 0.6) is 5.75 Å². The Morgan fingerprint density at radius 2 is 1.83 bits per heavy atom. The largest absolute Gasteiger partial charge is 0.495 e. The molecule has 0 saturated heterocycles. The second-order valence-corrected chi connectivity index (χ2v) is 10.7. The van der Waals surface area contributed by atoms with Gasteiger partial charge in [0.25, 0.3) is 5.56 Å². The van der Waals surface area contributed by atoms with Crippen LogP contribution in [-0.2, 0) is 29.4 Å². The lowest BCUT2D eigenvalue weighted by molar-refractivity contribution is -0.137. The number of aromatic nitrogens is 3. The quantitative estimate of drug-likeness (QED) is 0.334. The van der Waals surface area contributed by atoms with Gasteiger partial charge in [0.2, 0.25) is 0 Å². The van der Waals surface area contributed by atoms with Gasteiger partial charge in [-0.3, -0.25) is 14.1 Å². The van der Waals surface area contributed by atoms with Crippen LogP contribution >= 0.6 is 0 Å². The first kappa shape index (κ1) is 28.2. The number of halogens is 5. The maximum absolute atomic E-state index is 15.4. The maximum Gasteiger partial charge on any atom is 0.416 e. The van der Waals surface area contributed by atoms with Gasteiger partial charge in [-0.05, 0) is 47.5 Å². The molecule has 3 heterocycles. The summed E-state index contributed by atoms with van der Waals surface area (Å²) in [6.07, 6.45) is -3.42. The fourth-order valence-electron chi connectivity index (χ4n) is 4.57. The number of nitrogens with one attached hydrogen (secondary N) is 1. The van der Waals surface area contributed by atoms with Gasteiger partial charge in [0.1, 0.15) is 17.4 Å². The molecule has 15 heteroatoms. The minimum Gasteiger partial charge on any atom is -0.495 e. The Morgan fingerprint density at radius 3 is 2.51 bits per heavy atom. The second kappa shape index (κ2) is 10.6. The van der Waals surface area contributed by atoms with E-state index in [9.17, 15) is 30.8 Å². The topological polar surface area (TPSA) is 106 Å². The molecule has 2 aromatic carbocycles. The zero-order chi connectivity index (χ0) is 29.5. The summed E-state index contributed by atoms with van der Waals surface area (Å²) in [5.41, 5.74) is -1.84. The van der Waals surface area contributed by atoms with Crippen molar-refractivity contribution < 1.29 is 35.1 Å². The number of rotatable bonds is 6. The average Bonchev–Trinajstić information content (AvgIpc) is 2.92. The van der Waals surface area contributed by atoms with E-state index in [-0.39, 0.29) is 47.9 Å². The van der Waals surface area contributed by atoms with Crippen LogP contribution in [0.4, 0.5) is 27.8 Å². The molecule has 1 aliphatic rings. The number of hydrogen-bond acceptors (Lipinski definition) is 6. The minimum absolute atomic E-state index is 0.0178. The van der Waals surface area contributed by atoms with Crippen molar-refractivity contribution in [2.75, 3.05) is 18.4 Å². The number of anilines is 1. The molecule has 1 aliphatic heterocycles. The van der Waals surface area contributed by atoms with Gasteiger partial charge in [-0.15, -0.1) is 5.10 Å². The van der Waals surface area contributed by atoms with E-state index >= 15 is 4.39 Å². The molecule has 41 heavy (non-hydrogen) atoms. The minimum atomic E-state index is -4.86. The highest BCUT2D eigenvalue weighted by Crippen LogP contribution is 2.37. The zero-order valence-electron chi connectivity index (χ0n) is 21.1. The number of hydrogen-bond donors (Lipinski definition) is 1. The van der Waals surface area contributed by atoms with Crippen molar-refractivity contribution in [2.24, 2.45) is 0 Å². The third-order valence-electron chi connectivity index (χ3n) is 6.42. The highest BCUT2D eigenvalue weighted by molar-refractivity contribution is 7.90. The molecule has 4 aromatic rings. The lowest BCUT2D eigenvalue weighted by Crippen LogP contribution is -2.41. The Hall–Kier alpha value is -4.37. The standard InChI is InChI=1S/C26H20F5N5O4S/c1-40-23-12-19(16-9-17(26(29,30)31)11-18(27)10-16)20(28)13-22(23)36-21-6-8-35(14-15(21)4-5-25(36)37)41(38,39)34-24-3-2-7-32-33-24/h2-5,7,9-13H,6,8,14H2,1H3,(H,33,34). The van der Waals surface area contributed by atoms with Crippen LogP contribution in [0.2, 0.25) is 0 Å². The van der Waals surface area contributed by atoms with Crippen molar-refractivity contribution >= 4 is 16.0 Å². The molecule has 0 fully saturated rings. The molecule has 0 bridgehead atoms. The van der Waals surface area contributed by atoms with Crippen molar-refractivity contribution in [1.29, 1.82) is 0 Å². The highest BCUT2D eigenvalue weighted by atomic mass is 32.2. The van der Waals surface area contributed by atoms with Gasteiger partial charge < -0.3 is 4.74 Å². The smallest absolute Gasteiger partial charge is 0.416 e. The summed E-state index contributed by atoms with van der Waals surface area (Å²) in [5.74, 6) is -2.30. The number of alkyl halides is 3. The van der Waals surface area contributed by atoms with Crippen LogP contribution in [0.3, 0.4) is 0 Å². The van der Waals surface area contributed by atoms with Gasteiger partial charge in [0.15, 0.2) is 5.82 Å². The van der Waals surface area contributed by atoms with Gasteiger partial charge >= 0.3 is 16.4 Å². The second-order valence-electron chi connectivity index (χ2n) is 9.01. The summed E-state index contributed by atoms with van der Waals surface area (Å²) in [7, 11) is -2.82. The first-order chi connectivity index (χ1) is 19.4. The first-order valence-corrected chi connectivity index (χ1v) is 13.4. The predicted molar refractivity (Wildman–Crippen MR) is 138 cm³/mol. The van der Waals surface area contributed by atoms with Gasteiger partial charge in [-0.25, -0.2) is 8.78 Å². The highest BCUT2D eigenvalue weighted by Gasteiger charge is 2.32. The van der Waals surface area contributed by atoms with Crippen molar-refractivity contribution in [1.82, 2.24) is 19.1 Å². The lowest BCUT2D eigenvalue weighted by Gasteiger charge is -2.30. The molecule has 0 atom stereocenters. The summed E-state index contributed by atoms with van der Waals surface area (Å²) < 4.78 is 105. The van der Waals surface area contributed by atoms with Gasteiger partial charge in [0.05, 0.1) is 18.4 Å². The molecule has 2 aromatic heterocycles. The van der Waals surface area contributed by atoms with Crippen molar-refractivity contribution in [2.45, 2.75) is 19.1 Å². The molecule has 1 N–H and O–H groups in total. The molecule has 5 rings (SSSR count). The van der Waals surface area contributed by atoms with E-state index in [2.05, 4.69) is 14.9 Å². The van der Waals surface area contributed by atoms with Crippen LogP contribution in [-0.4, -0.2) is 41.1 Å². The fraction of sp³-hybridized carbons (Fsp3) is 0.192.